The molecule has 0 aliphatic rings. The minimum absolute atomic E-state index is 0.0521. The Balaban J connectivity index is 2.06. The number of rotatable bonds is 10. The van der Waals surface area contributed by atoms with Crippen LogP contribution in [0.15, 0.2) is 53.0 Å². The zero-order valence-electron chi connectivity index (χ0n) is 17.5. The summed E-state index contributed by atoms with van der Waals surface area (Å²) < 4.78 is 0.977. The van der Waals surface area contributed by atoms with Crippen LogP contribution in [0.1, 0.15) is 38.3 Å². The fourth-order valence-corrected chi connectivity index (χ4v) is 4.02. The Bertz CT molecular complexity index is 830. The van der Waals surface area contributed by atoms with E-state index in [2.05, 4.69) is 21.2 Å². The van der Waals surface area contributed by atoms with Crippen molar-refractivity contribution in [3.8, 4) is 0 Å². The molecular formula is C23H28BrClN2O2S. The molecule has 0 aliphatic carbocycles. The van der Waals surface area contributed by atoms with E-state index in [1.54, 1.807) is 11.8 Å². The van der Waals surface area contributed by atoms with E-state index in [1.165, 1.54) is 11.8 Å². The average molecular weight is 512 g/mol. The minimum atomic E-state index is -0.550. The van der Waals surface area contributed by atoms with Crippen molar-refractivity contribution < 1.29 is 9.59 Å². The quantitative estimate of drug-likeness (QED) is 0.447. The molecule has 162 valence electrons. The van der Waals surface area contributed by atoms with E-state index in [0.717, 1.165) is 22.0 Å². The number of hydrogen-bond donors (Lipinski definition) is 1. The number of thioether (sulfide) groups is 1. The van der Waals surface area contributed by atoms with Crippen molar-refractivity contribution in [2.24, 2.45) is 0 Å². The molecule has 0 aromatic heterocycles. The summed E-state index contributed by atoms with van der Waals surface area (Å²) in [5, 5.41) is 3.68. The first-order valence-electron chi connectivity index (χ1n) is 9.96. The zero-order chi connectivity index (χ0) is 22.1. The highest BCUT2D eigenvalue weighted by Gasteiger charge is 2.26. The summed E-state index contributed by atoms with van der Waals surface area (Å²) in [5.41, 5.74) is 2.09. The molecule has 2 atom stereocenters. The van der Waals surface area contributed by atoms with E-state index in [-0.39, 0.29) is 17.9 Å². The first-order valence-corrected chi connectivity index (χ1v) is 12.3. The molecule has 0 saturated heterocycles. The van der Waals surface area contributed by atoms with Crippen LogP contribution in [0, 0.1) is 0 Å². The Kier molecular flexibility index (Phi) is 10.2. The van der Waals surface area contributed by atoms with Crippen LogP contribution in [0.2, 0.25) is 5.02 Å². The lowest BCUT2D eigenvalue weighted by Gasteiger charge is -2.29. The lowest BCUT2D eigenvalue weighted by Crippen LogP contribution is -2.50. The van der Waals surface area contributed by atoms with Gasteiger partial charge >= 0.3 is 0 Å². The van der Waals surface area contributed by atoms with Crippen LogP contribution in [0.5, 0.6) is 0 Å². The van der Waals surface area contributed by atoms with Crippen molar-refractivity contribution >= 4 is 51.1 Å². The van der Waals surface area contributed by atoms with Crippen LogP contribution < -0.4 is 5.32 Å². The average Bonchev–Trinajstić information content (AvgIpc) is 2.74. The van der Waals surface area contributed by atoms with E-state index in [1.807, 2.05) is 62.4 Å². The molecular weight excluding hydrogens is 484 g/mol. The summed E-state index contributed by atoms with van der Waals surface area (Å²) in [6.45, 7) is 6.17. The third-order valence-corrected chi connectivity index (χ3v) is 6.61. The highest BCUT2D eigenvalue weighted by Crippen LogP contribution is 2.18. The Labute approximate surface area is 196 Å². The molecule has 4 nitrogen and oxygen atoms in total. The normalized spacial score (nSPS) is 12.8. The molecule has 2 amide bonds. The maximum Gasteiger partial charge on any atom is 0.242 e. The van der Waals surface area contributed by atoms with Crippen molar-refractivity contribution in [2.45, 2.75) is 51.6 Å². The molecule has 0 unspecified atom stereocenters. The highest BCUT2D eigenvalue weighted by atomic mass is 79.9. The number of nitrogens with one attached hydrogen (secondary N) is 1. The second-order valence-corrected chi connectivity index (χ2v) is 9.60. The molecule has 0 radical (unpaired) electrons. The molecule has 0 bridgehead atoms. The van der Waals surface area contributed by atoms with Gasteiger partial charge in [0.15, 0.2) is 0 Å². The second kappa shape index (κ2) is 12.4. The van der Waals surface area contributed by atoms with Gasteiger partial charge in [-0.15, -0.1) is 11.8 Å². The van der Waals surface area contributed by atoms with E-state index in [9.17, 15) is 9.59 Å². The van der Waals surface area contributed by atoms with Gasteiger partial charge in [-0.05, 0) is 55.7 Å². The highest BCUT2D eigenvalue weighted by molar-refractivity contribution is 9.10. The van der Waals surface area contributed by atoms with Crippen LogP contribution in [-0.2, 0) is 21.9 Å². The Morgan fingerprint density at radius 1 is 1.07 bits per heavy atom. The first kappa shape index (κ1) is 24.8. The molecule has 0 heterocycles. The zero-order valence-corrected chi connectivity index (χ0v) is 20.7. The topological polar surface area (TPSA) is 49.4 Å². The molecule has 30 heavy (non-hydrogen) atoms. The van der Waals surface area contributed by atoms with E-state index in [4.69, 9.17) is 11.6 Å². The fraction of sp³-hybridized carbons (Fsp3) is 0.391. The van der Waals surface area contributed by atoms with Gasteiger partial charge in [-0.1, -0.05) is 58.7 Å². The second-order valence-electron chi connectivity index (χ2n) is 7.26. The SMILES string of the molecule is CC[C@H](C)NC(=O)[C@@H](C)N(Cc1ccc(Br)cc1)C(=O)CSCc1ccc(Cl)cc1. The van der Waals surface area contributed by atoms with Crippen LogP contribution in [0.4, 0.5) is 0 Å². The summed E-state index contributed by atoms with van der Waals surface area (Å²) in [4.78, 5) is 27.4. The van der Waals surface area contributed by atoms with Crippen molar-refractivity contribution in [3.63, 3.8) is 0 Å². The molecule has 0 saturated carbocycles. The summed E-state index contributed by atoms with van der Waals surface area (Å²) in [6.07, 6.45) is 0.843. The van der Waals surface area contributed by atoms with Crippen LogP contribution >= 0.6 is 39.3 Å². The van der Waals surface area contributed by atoms with Crippen LogP contribution in [0.25, 0.3) is 0 Å². The number of hydrogen-bond acceptors (Lipinski definition) is 3. The van der Waals surface area contributed by atoms with E-state index < -0.39 is 6.04 Å². The van der Waals surface area contributed by atoms with Gasteiger partial charge in [-0.2, -0.15) is 0 Å². The third-order valence-electron chi connectivity index (χ3n) is 4.84. The smallest absolute Gasteiger partial charge is 0.242 e. The Morgan fingerprint density at radius 2 is 1.67 bits per heavy atom. The summed E-state index contributed by atoms with van der Waals surface area (Å²) in [7, 11) is 0. The van der Waals surface area contributed by atoms with E-state index >= 15 is 0 Å². The number of halogens is 2. The van der Waals surface area contributed by atoms with Gasteiger partial charge in [-0.25, -0.2) is 0 Å². The van der Waals surface area contributed by atoms with Gasteiger partial charge in [0.2, 0.25) is 11.8 Å². The van der Waals surface area contributed by atoms with Crippen molar-refractivity contribution in [3.05, 3.63) is 69.2 Å². The fourth-order valence-electron chi connectivity index (χ4n) is 2.75. The number of nitrogens with zero attached hydrogens (tertiary/aromatic N) is 1. The largest absolute Gasteiger partial charge is 0.352 e. The van der Waals surface area contributed by atoms with E-state index in [0.29, 0.717) is 23.1 Å². The van der Waals surface area contributed by atoms with Gasteiger partial charge in [-0.3, -0.25) is 9.59 Å². The molecule has 2 aromatic rings. The number of carbonyl (C=O) groups is 2. The molecule has 2 aromatic carbocycles. The van der Waals surface area contributed by atoms with Crippen molar-refractivity contribution in [1.82, 2.24) is 10.2 Å². The third kappa shape index (κ3) is 7.97. The predicted octanol–water partition coefficient (Wildman–Crippen LogP) is 5.67. The molecule has 0 fully saturated rings. The minimum Gasteiger partial charge on any atom is -0.352 e. The monoisotopic (exact) mass is 510 g/mol. The van der Waals surface area contributed by atoms with Gasteiger partial charge in [0.1, 0.15) is 6.04 Å². The number of amides is 2. The summed E-state index contributed by atoms with van der Waals surface area (Å²) >= 11 is 10.9. The summed E-state index contributed by atoms with van der Waals surface area (Å²) in [5.74, 6) is 0.837. The molecule has 0 spiro atoms. The van der Waals surface area contributed by atoms with Gasteiger partial charge in [0.25, 0.3) is 0 Å². The van der Waals surface area contributed by atoms with Gasteiger partial charge in [0.05, 0.1) is 5.75 Å². The molecule has 1 N–H and O–H groups in total. The number of carbonyl (C=O) groups excluding carboxylic acids is 2. The lowest BCUT2D eigenvalue weighted by molar-refractivity contribution is -0.138. The first-order chi connectivity index (χ1) is 14.3. The molecule has 2 rings (SSSR count). The molecule has 7 heteroatoms. The molecule has 0 aliphatic heterocycles. The standard InChI is InChI=1S/C23H28BrClN2O2S/c1-4-16(2)26-23(29)17(3)27(13-18-5-9-20(24)10-6-18)22(28)15-30-14-19-7-11-21(25)12-8-19/h5-12,16-17H,4,13-15H2,1-3H3,(H,26,29)/t16-,17+/m0/s1. The van der Waals surface area contributed by atoms with Crippen molar-refractivity contribution in [2.75, 3.05) is 5.75 Å². The lowest BCUT2D eigenvalue weighted by atomic mass is 10.1. The van der Waals surface area contributed by atoms with Crippen LogP contribution in [-0.4, -0.2) is 34.6 Å². The predicted molar refractivity (Wildman–Crippen MR) is 130 cm³/mol. The van der Waals surface area contributed by atoms with Crippen LogP contribution in [0.3, 0.4) is 0 Å². The number of benzene rings is 2. The van der Waals surface area contributed by atoms with Gasteiger partial charge in [0, 0.05) is 27.8 Å². The Hall–Kier alpha value is -1.50. The Morgan fingerprint density at radius 3 is 2.27 bits per heavy atom. The summed E-state index contributed by atoms with van der Waals surface area (Å²) in [6, 6.07) is 14.9. The van der Waals surface area contributed by atoms with Gasteiger partial charge < -0.3 is 10.2 Å². The van der Waals surface area contributed by atoms with Crippen molar-refractivity contribution in [1.29, 1.82) is 0 Å². The maximum absolute atomic E-state index is 13.1. The maximum atomic E-state index is 13.1.